The summed E-state index contributed by atoms with van der Waals surface area (Å²) in [5, 5.41) is 2.95. The number of pyridine rings is 1. The first-order chi connectivity index (χ1) is 10.8. The molecule has 1 aromatic heterocycles. The third kappa shape index (κ3) is 5.50. The van der Waals surface area contributed by atoms with E-state index in [1.807, 2.05) is 49.5 Å². The van der Waals surface area contributed by atoms with Crippen LogP contribution in [-0.4, -0.2) is 23.3 Å². The average Bonchev–Trinajstić information content (AvgIpc) is 2.55. The number of para-hydroxylation sites is 1. The maximum atomic E-state index is 12.0. The zero-order valence-corrected chi connectivity index (χ0v) is 13.4. The van der Waals surface area contributed by atoms with E-state index in [-0.39, 0.29) is 5.91 Å². The van der Waals surface area contributed by atoms with Gasteiger partial charge in [-0.2, -0.15) is 0 Å². The number of anilines is 1. The number of aromatic nitrogens is 1. The van der Waals surface area contributed by atoms with Crippen LogP contribution in [0.15, 0.2) is 48.8 Å². The van der Waals surface area contributed by atoms with Gasteiger partial charge in [0.2, 0.25) is 5.91 Å². The maximum Gasteiger partial charge on any atom is 0.234 e. The molecule has 0 aliphatic heterocycles. The molecule has 0 saturated heterocycles. The smallest absolute Gasteiger partial charge is 0.234 e. The minimum atomic E-state index is -0.00200. The van der Waals surface area contributed by atoms with E-state index in [4.69, 9.17) is 4.74 Å². The Labute approximate surface area is 135 Å². The highest BCUT2D eigenvalue weighted by Crippen LogP contribution is 2.17. The van der Waals surface area contributed by atoms with Gasteiger partial charge in [-0.3, -0.25) is 9.78 Å². The van der Waals surface area contributed by atoms with E-state index in [1.165, 1.54) is 0 Å². The van der Waals surface area contributed by atoms with Crippen molar-refractivity contribution in [1.82, 2.24) is 4.98 Å². The van der Waals surface area contributed by atoms with Crippen molar-refractivity contribution in [3.8, 4) is 0 Å². The number of benzene rings is 1. The van der Waals surface area contributed by atoms with Crippen LogP contribution >= 0.6 is 11.8 Å². The summed E-state index contributed by atoms with van der Waals surface area (Å²) >= 11 is 1.57. The Morgan fingerprint density at radius 2 is 2.14 bits per heavy atom. The molecule has 0 fully saturated rings. The van der Waals surface area contributed by atoms with Crippen LogP contribution in [0.25, 0.3) is 0 Å². The van der Waals surface area contributed by atoms with Crippen molar-refractivity contribution in [2.75, 3.05) is 17.7 Å². The molecule has 1 aromatic carbocycles. The molecule has 2 rings (SSSR count). The van der Waals surface area contributed by atoms with Gasteiger partial charge in [-0.05, 0) is 24.6 Å². The van der Waals surface area contributed by atoms with Gasteiger partial charge in [0.1, 0.15) is 0 Å². The second kappa shape index (κ2) is 9.23. The van der Waals surface area contributed by atoms with Gasteiger partial charge < -0.3 is 10.1 Å². The molecule has 0 saturated carbocycles. The average molecular weight is 316 g/mol. The van der Waals surface area contributed by atoms with Gasteiger partial charge >= 0.3 is 0 Å². The number of nitrogens with one attached hydrogen (secondary N) is 1. The molecule has 1 amide bonds. The van der Waals surface area contributed by atoms with Crippen LogP contribution < -0.4 is 5.32 Å². The molecule has 0 radical (unpaired) electrons. The van der Waals surface area contributed by atoms with Crippen LogP contribution in [0.2, 0.25) is 0 Å². The van der Waals surface area contributed by atoms with Gasteiger partial charge in [-0.15, -0.1) is 11.8 Å². The van der Waals surface area contributed by atoms with Crippen LogP contribution in [0.1, 0.15) is 18.1 Å². The van der Waals surface area contributed by atoms with Gasteiger partial charge in [-0.25, -0.2) is 0 Å². The Morgan fingerprint density at radius 3 is 2.91 bits per heavy atom. The molecule has 5 heteroatoms. The van der Waals surface area contributed by atoms with Gasteiger partial charge in [0.25, 0.3) is 0 Å². The number of amides is 1. The third-order valence-corrected chi connectivity index (χ3v) is 3.98. The SMILES string of the molecule is CCOCc1ccccc1NC(=O)CSCc1cccnc1. The van der Waals surface area contributed by atoms with Crippen molar-refractivity contribution in [2.45, 2.75) is 19.3 Å². The number of hydrogen-bond acceptors (Lipinski definition) is 4. The van der Waals surface area contributed by atoms with Gasteiger partial charge in [-0.1, -0.05) is 24.3 Å². The number of rotatable bonds is 8. The summed E-state index contributed by atoms with van der Waals surface area (Å²) in [6.45, 7) is 3.12. The molecule has 0 aliphatic carbocycles. The standard InChI is InChI=1S/C17H20N2O2S/c1-2-21-11-15-7-3-4-8-16(15)19-17(20)13-22-12-14-6-5-9-18-10-14/h3-10H,2,11-13H2,1H3,(H,19,20). The van der Waals surface area contributed by atoms with Crippen molar-refractivity contribution in [1.29, 1.82) is 0 Å². The van der Waals surface area contributed by atoms with Gasteiger partial charge in [0, 0.05) is 36.0 Å². The summed E-state index contributed by atoms with van der Waals surface area (Å²) in [7, 11) is 0. The van der Waals surface area contributed by atoms with E-state index in [0.29, 0.717) is 19.0 Å². The lowest BCUT2D eigenvalue weighted by molar-refractivity contribution is -0.113. The summed E-state index contributed by atoms with van der Waals surface area (Å²) in [6.07, 6.45) is 3.57. The van der Waals surface area contributed by atoms with Crippen LogP contribution in [0.4, 0.5) is 5.69 Å². The first-order valence-corrected chi connectivity index (χ1v) is 8.37. The summed E-state index contributed by atoms with van der Waals surface area (Å²) in [5.74, 6) is 1.19. The molecule has 0 spiro atoms. The van der Waals surface area contributed by atoms with E-state index in [0.717, 1.165) is 22.6 Å². The fraction of sp³-hybridized carbons (Fsp3) is 0.294. The lowest BCUT2D eigenvalue weighted by Crippen LogP contribution is -2.15. The largest absolute Gasteiger partial charge is 0.377 e. The Morgan fingerprint density at radius 1 is 1.27 bits per heavy atom. The topological polar surface area (TPSA) is 51.2 Å². The minimum Gasteiger partial charge on any atom is -0.377 e. The molecule has 4 nitrogen and oxygen atoms in total. The predicted molar refractivity (Wildman–Crippen MR) is 90.8 cm³/mol. The molecular formula is C17H20N2O2S. The van der Waals surface area contributed by atoms with Crippen molar-refractivity contribution < 1.29 is 9.53 Å². The molecule has 0 bridgehead atoms. The molecule has 22 heavy (non-hydrogen) atoms. The third-order valence-electron chi connectivity index (χ3n) is 2.98. The lowest BCUT2D eigenvalue weighted by atomic mass is 10.2. The van der Waals surface area contributed by atoms with Crippen molar-refractivity contribution in [3.63, 3.8) is 0 Å². The second-order valence-corrected chi connectivity index (χ2v) is 5.68. The fourth-order valence-corrected chi connectivity index (χ4v) is 2.68. The molecule has 0 unspecified atom stereocenters. The van der Waals surface area contributed by atoms with E-state index >= 15 is 0 Å². The Balaban J connectivity index is 1.81. The number of hydrogen-bond donors (Lipinski definition) is 1. The van der Waals surface area contributed by atoms with Crippen molar-refractivity contribution in [3.05, 3.63) is 59.9 Å². The highest BCUT2D eigenvalue weighted by Gasteiger charge is 2.07. The minimum absolute atomic E-state index is 0.00200. The number of carbonyl (C=O) groups excluding carboxylic acids is 1. The zero-order chi connectivity index (χ0) is 15.6. The highest BCUT2D eigenvalue weighted by atomic mass is 32.2. The monoisotopic (exact) mass is 316 g/mol. The Hall–Kier alpha value is -1.85. The summed E-state index contributed by atoms with van der Waals surface area (Å²) in [4.78, 5) is 16.1. The summed E-state index contributed by atoms with van der Waals surface area (Å²) < 4.78 is 5.42. The lowest BCUT2D eigenvalue weighted by Gasteiger charge is -2.11. The highest BCUT2D eigenvalue weighted by molar-refractivity contribution is 7.99. The van der Waals surface area contributed by atoms with Crippen LogP contribution in [0.5, 0.6) is 0 Å². The molecule has 0 atom stereocenters. The number of carbonyl (C=O) groups is 1. The van der Waals surface area contributed by atoms with Crippen LogP contribution in [0.3, 0.4) is 0 Å². The quantitative estimate of drug-likeness (QED) is 0.810. The first-order valence-electron chi connectivity index (χ1n) is 7.21. The molecule has 2 aromatic rings. The van der Waals surface area contributed by atoms with Gasteiger partial charge in [0.05, 0.1) is 12.4 Å². The van der Waals surface area contributed by atoms with E-state index < -0.39 is 0 Å². The van der Waals surface area contributed by atoms with Crippen molar-refractivity contribution >= 4 is 23.4 Å². The van der Waals surface area contributed by atoms with E-state index in [2.05, 4.69) is 10.3 Å². The maximum absolute atomic E-state index is 12.0. The molecular weight excluding hydrogens is 296 g/mol. The molecule has 0 aliphatic rings. The molecule has 116 valence electrons. The first kappa shape index (κ1) is 16.5. The predicted octanol–water partition coefficient (Wildman–Crippen LogP) is 3.49. The number of thioether (sulfide) groups is 1. The summed E-state index contributed by atoms with van der Waals surface area (Å²) in [6, 6.07) is 11.6. The van der Waals surface area contributed by atoms with Crippen LogP contribution in [-0.2, 0) is 21.9 Å². The second-order valence-electron chi connectivity index (χ2n) is 4.70. The number of nitrogens with zero attached hydrogens (tertiary/aromatic N) is 1. The Bertz CT molecular complexity index is 590. The Kier molecular flexibility index (Phi) is 6.93. The molecule has 1 N–H and O–H groups in total. The molecule has 1 heterocycles. The van der Waals surface area contributed by atoms with Gasteiger partial charge in [0.15, 0.2) is 0 Å². The number of ether oxygens (including phenoxy) is 1. The van der Waals surface area contributed by atoms with E-state index in [9.17, 15) is 4.79 Å². The fourth-order valence-electron chi connectivity index (χ4n) is 1.91. The van der Waals surface area contributed by atoms with Crippen molar-refractivity contribution in [2.24, 2.45) is 0 Å². The zero-order valence-electron chi connectivity index (χ0n) is 12.6. The van der Waals surface area contributed by atoms with E-state index in [1.54, 1.807) is 18.0 Å². The normalized spacial score (nSPS) is 10.4. The van der Waals surface area contributed by atoms with Crippen LogP contribution in [0, 0.1) is 0 Å². The summed E-state index contributed by atoms with van der Waals surface area (Å²) in [5.41, 5.74) is 2.94.